The summed E-state index contributed by atoms with van der Waals surface area (Å²) in [5.74, 6) is 4.60. The molecule has 86 valence electrons. The Morgan fingerprint density at radius 2 is 2.00 bits per heavy atom. The van der Waals surface area contributed by atoms with Crippen LogP contribution in [-0.4, -0.2) is 13.1 Å². The minimum atomic E-state index is 0.553. The molecule has 1 saturated carbocycles. The molecule has 1 aliphatic carbocycles. The summed E-state index contributed by atoms with van der Waals surface area (Å²) < 4.78 is 0. The second kappa shape index (κ2) is 6.90. The maximum absolute atomic E-state index is 5.40. The minimum Gasteiger partial charge on any atom is -0.316 e. The molecule has 0 bridgehead atoms. The molecule has 0 aliphatic heterocycles. The van der Waals surface area contributed by atoms with Gasteiger partial charge >= 0.3 is 0 Å². The van der Waals surface area contributed by atoms with Crippen LogP contribution in [0.25, 0.3) is 0 Å². The van der Waals surface area contributed by atoms with Crippen molar-refractivity contribution >= 4 is 0 Å². The molecule has 0 amide bonds. The van der Waals surface area contributed by atoms with Crippen molar-refractivity contribution in [2.75, 3.05) is 7.05 Å². The minimum absolute atomic E-state index is 0.553. The number of hydrogen-bond donors (Lipinski definition) is 1. The van der Waals surface area contributed by atoms with Gasteiger partial charge in [-0.2, -0.15) is 0 Å². The van der Waals surface area contributed by atoms with Gasteiger partial charge in [0.25, 0.3) is 0 Å². The zero-order valence-corrected chi connectivity index (χ0v) is 10.3. The van der Waals surface area contributed by atoms with Crippen molar-refractivity contribution in [2.24, 2.45) is 11.8 Å². The normalized spacial score (nSPS) is 28.3. The van der Waals surface area contributed by atoms with Crippen LogP contribution in [-0.2, 0) is 0 Å². The van der Waals surface area contributed by atoms with Crippen LogP contribution in [0.4, 0.5) is 0 Å². The molecule has 1 atom stereocenters. The van der Waals surface area contributed by atoms with Crippen LogP contribution in [0.1, 0.15) is 51.9 Å². The SMILES string of the molecule is C#CCC(NC)C1CCC(CCC)CC1. The Labute approximate surface area is 95.0 Å². The zero-order valence-electron chi connectivity index (χ0n) is 10.3. The van der Waals surface area contributed by atoms with Gasteiger partial charge in [-0.25, -0.2) is 0 Å². The molecule has 0 aromatic rings. The van der Waals surface area contributed by atoms with Gasteiger partial charge in [-0.3, -0.25) is 0 Å². The van der Waals surface area contributed by atoms with E-state index >= 15 is 0 Å². The quantitative estimate of drug-likeness (QED) is 0.683. The first-order chi connectivity index (χ1) is 7.31. The predicted octanol–water partition coefficient (Wildman–Crippen LogP) is 3.20. The van der Waals surface area contributed by atoms with Gasteiger partial charge in [0.15, 0.2) is 0 Å². The van der Waals surface area contributed by atoms with Crippen molar-refractivity contribution < 1.29 is 0 Å². The molecular weight excluding hydrogens is 182 g/mol. The predicted molar refractivity (Wildman–Crippen MR) is 66.7 cm³/mol. The molecule has 1 heteroatoms. The third kappa shape index (κ3) is 3.87. The maximum atomic E-state index is 5.40. The fraction of sp³-hybridized carbons (Fsp3) is 0.857. The second-order valence-corrected chi connectivity index (χ2v) is 4.87. The summed E-state index contributed by atoms with van der Waals surface area (Å²) in [4.78, 5) is 0. The van der Waals surface area contributed by atoms with E-state index in [1.165, 1.54) is 38.5 Å². The van der Waals surface area contributed by atoms with Crippen molar-refractivity contribution in [3.63, 3.8) is 0 Å². The van der Waals surface area contributed by atoms with Crippen molar-refractivity contribution in [3.8, 4) is 12.3 Å². The molecule has 0 saturated heterocycles. The van der Waals surface area contributed by atoms with Crippen LogP contribution in [0.3, 0.4) is 0 Å². The molecule has 1 rings (SSSR count). The van der Waals surface area contributed by atoms with Gasteiger partial charge in [0, 0.05) is 12.5 Å². The van der Waals surface area contributed by atoms with Gasteiger partial charge in [0.05, 0.1) is 0 Å². The van der Waals surface area contributed by atoms with Crippen molar-refractivity contribution in [3.05, 3.63) is 0 Å². The van der Waals surface area contributed by atoms with Crippen LogP contribution in [0.5, 0.6) is 0 Å². The molecule has 0 radical (unpaired) electrons. The molecule has 1 fully saturated rings. The lowest BCUT2D eigenvalue weighted by Gasteiger charge is -2.33. The van der Waals surface area contributed by atoms with E-state index in [1.807, 2.05) is 7.05 Å². The average molecular weight is 207 g/mol. The van der Waals surface area contributed by atoms with Crippen LogP contribution in [0.15, 0.2) is 0 Å². The highest BCUT2D eigenvalue weighted by atomic mass is 14.9. The Morgan fingerprint density at radius 3 is 2.47 bits per heavy atom. The third-order valence-corrected chi connectivity index (χ3v) is 3.87. The summed E-state index contributed by atoms with van der Waals surface area (Å²) in [6.07, 6.45) is 14.6. The lowest BCUT2D eigenvalue weighted by atomic mass is 9.76. The van der Waals surface area contributed by atoms with Crippen LogP contribution in [0.2, 0.25) is 0 Å². The first-order valence-electron chi connectivity index (χ1n) is 6.42. The lowest BCUT2D eigenvalue weighted by Crippen LogP contribution is -2.35. The van der Waals surface area contributed by atoms with Crippen LogP contribution < -0.4 is 5.32 Å². The Hall–Kier alpha value is -0.480. The molecule has 1 nitrogen and oxygen atoms in total. The van der Waals surface area contributed by atoms with E-state index in [4.69, 9.17) is 6.42 Å². The van der Waals surface area contributed by atoms with E-state index in [0.29, 0.717) is 6.04 Å². The molecule has 1 aliphatic rings. The zero-order chi connectivity index (χ0) is 11.1. The number of rotatable bonds is 5. The summed E-state index contributed by atoms with van der Waals surface area (Å²) in [5.41, 5.74) is 0. The van der Waals surface area contributed by atoms with Crippen molar-refractivity contribution in [1.82, 2.24) is 5.32 Å². The Balaban J connectivity index is 2.32. The Bertz CT molecular complexity index is 196. The monoisotopic (exact) mass is 207 g/mol. The van der Waals surface area contributed by atoms with Crippen molar-refractivity contribution in [2.45, 2.75) is 57.9 Å². The summed E-state index contributed by atoms with van der Waals surface area (Å²) in [6, 6.07) is 0.553. The molecule has 0 spiro atoms. The molecular formula is C14H25N. The third-order valence-electron chi connectivity index (χ3n) is 3.87. The average Bonchev–Trinajstić information content (AvgIpc) is 2.28. The Kier molecular flexibility index (Phi) is 5.79. The highest BCUT2D eigenvalue weighted by Gasteiger charge is 2.25. The summed E-state index contributed by atoms with van der Waals surface area (Å²) >= 11 is 0. The van der Waals surface area contributed by atoms with Gasteiger partial charge < -0.3 is 5.32 Å². The standard InChI is InChI=1S/C14H25N/c1-4-6-12-8-10-13(11-9-12)14(15-3)7-5-2/h2,12-15H,4,6-11H2,1,3H3. The van der Waals surface area contributed by atoms with Gasteiger partial charge in [0.2, 0.25) is 0 Å². The largest absolute Gasteiger partial charge is 0.316 e. The molecule has 0 aromatic heterocycles. The van der Waals surface area contributed by atoms with E-state index in [1.54, 1.807) is 0 Å². The van der Waals surface area contributed by atoms with Crippen LogP contribution in [0, 0.1) is 24.2 Å². The Morgan fingerprint density at radius 1 is 1.33 bits per heavy atom. The molecule has 0 aromatic carbocycles. The van der Waals surface area contributed by atoms with E-state index < -0.39 is 0 Å². The smallest absolute Gasteiger partial charge is 0.0243 e. The van der Waals surface area contributed by atoms with Gasteiger partial charge in [0.1, 0.15) is 0 Å². The number of terminal acetylenes is 1. The van der Waals surface area contributed by atoms with Crippen LogP contribution >= 0.6 is 0 Å². The highest BCUT2D eigenvalue weighted by molar-refractivity contribution is 4.93. The summed E-state index contributed by atoms with van der Waals surface area (Å²) in [6.45, 7) is 2.29. The first kappa shape index (κ1) is 12.6. The van der Waals surface area contributed by atoms with Gasteiger partial charge in [-0.15, -0.1) is 12.3 Å². The van der Waals surface area contributed by atoms with E-state index in [-0.39, 0.29) is 0 Å². The highest BCUT2D eigenvalue weighted by Crippen LogP contribution is 2.33. The number of hydrogen-bond acceptors (Lipinski definition) is 1. The summed E-state index contributed by atoms with van der Waals surface area (Å²) in [5, 5.41) is 3.38. The number of nitrogens with one attached hydrogen (secondary N) is 1. The fourth-order valence-electron chi connectivity index (χ4n) is 2.92. The molecule has 1 N–H and O–H groups in total. The molecule has 15 heavy (non-hydrogen) atoms. The van der Waals surface area contributed by atoms with E-state index in [0.717, 1.165) is 18.3 Å². The van der Waals surface area contributed by atoms with Gasteiger partial charge in [-0.1, -0.05) is 32.6 Å². The van der Waals surface area contributed by atoms with E-state index in [2.05, 4.69) is 18.2 Å². The summed E-state index contributed by atoms with van der Waals surface area (Å²) in [7, 11) is 2.04. The maximum Gasteiger partial charge on any atom is 0.0243 e. The first-order valence-corrected chi connectivity index (χ1v) is 6.42. The topological polar surface area (TPSA) is 12.0 Å². The fourth-order valence-corrected chi connectivity index (χ4v) is 2.92. The lowest BCUT2D eigenvalue weighted by molar-refractivity contribution is 0.220. The molecule has 1 unspecified atom stereocenters. The molecule has 0 heterocycles. The van der Waals surface area contributed by atoms with Gasteiger partial charge in [-0.05, 0) is 31.7 Å². The second-order valence-electron chi connectivity index (χ2n) is 4.87. The van der Waals surface area contributed by atoms with E-state index in [9.17, 15) is 0 Å². The van der Waals surface area contributed by atoms with Crippen molar-refractivity contribution in [1.29, 1.82) is 0 Å².